The number of carbonyl (C=O) groups is 4. The number of carboxylic acids is 1. The molecule has 1 aliphatic rings. The van der Waals surface area contributed by atoms with Crippen LogP contribution in [0.1, 0.15) is 16.1 Å². The van der Waals surface area contributed by atoms with E-state index in [0.717, 1.165) is 12.0 Å². The van der Waals surface area contributed by atoms with Gasteiger partial charge in [-0.1, -0.05) is 11.6 Å². The van der Waals surface area contributed by atoms with Crippen LogP contribution in [0.15, 0.2) is 39.7 Å². The fourth-order valence-electron chi connectivity index (χ4n) is 2.38. The number of nitrogens with zero attached hydrogens (tertiary/aromatic N) is 1. The molecule has 10 heteroatoms. The highest BCUT2D eigenvalue weighted by atomic mass is 35.5. The van der Waals surface area contributed by atoms with Gasteiger partial charge in [-0.05, 0) is 42.1 Å². The van der Waals surface area contributed by atoms with Crippen molar-refractivity contribution in [1.82, 2.24) is 4.90 Å². The monoisotopic (exact) mass is 421 g/mol. The van der Waals surface area contributed by atoms with Crippen molar-refractivity contribution < 1.29 is 33.4 Å². The molecule has 1 fully saturated rings. The lowest BCUT2D eigenvalue weighted by Gasteiger charge is -2.09. The largest absolute Gasteiger partial charge is 0.478 e. The fraction of sp³-hybridized carbons (Fsp3) is 0.111. The van der Waals surface area contributed by atoms with E-state index >= 15 is 0 Å². The molecule has 0 saturated carbocycles. The number of carbonyl (C=O) groups excluding carboxylic acids is 3. The highest BCUT2D eigenvalue weighted by molar-refractivity contribution is 8.18. The Hall–Kier alpha value is -3.04. The third-order valence-electron chi connectivity index (χ3n) is 3.77. The number of thioether (sulfide) groups is 1. The molecule has 1 aromatic heterocycles. The number of aromatic carboxylic acids is 1. The van der Waals surface area contributed by atoms with Crippen molar-refractivity contribution >= 4 is 52.5 Å². The summed E-state index contributed by atoms with van der Waals surface area (Å²) in [6, 6.07) is 7.30. The summed E-state index contributed by atoms with van der Waals surface area (Å²) in [5.41, 5.74) is 0.418. The van der Waals surface area contributed by atoms with Gasteiger partial charge in [0, 0.05) is 11.6 Å². The van der Waals surface area contributed by atoms with Crippen LogP contribution in [0.25, 0.3) is 17.4 Å². The van der Waals surface area contributed by atoms with E-state index in [1.807, 2.05) is 0 Å². The van der Waals surface area contributed by atoms with Crippen molar-refractivity contribution in [2.24, 2.45) is 0 Å². The van der Waals surface area contributed by atoms with E-state index in [1.54, 1.807) is 12.1 Å². The topological polar surface area (TPSA) is 114 Å². The smallest absolute Gasteiger partial charge is 0.335 e. The summed E-state index contributed by atoms with van der Waals surface area (Å²) in [6.07, 6.45) is 1.36. The predicted octanol–water partition coefficient (Wildman–Crippen LogP) is 3.51. The van der Waals surface area contributed by atoms with Gasteiger partial charge in [-0.3, -0.25) is 19.3 Å². The van der Waals surface area contributed by atoms with Crippen LogP contribution in [0.2, 0.25) is 5.02 Å². The SMILES string of the molecule is COC(=O)CN1C(=O)S/C(=C\c2ccc(-c3cc(C(=O)O)ccc3Cl)o2)C1=O. The van der Waals surface area contributed by atoms with Gasteiger partial charge in [0.1, 0.15) is 18.1 Å². The number of esters is 1. The van der Waals surface area contributed by atoms with Gasteiger partial charge in [-0.2, -0.15) is 0 Å². The molecule has 8 nitrogen and oxygen atoms in total. The summed E-state index contributed by atoms with van der Waals surface area (Å²) in [6.45, 7) is -0.473. The highest BCUT2D eigenvalue weighted by Crippen LogP contribution is 2.34. The summed E-state index contributed by atoms with van der Waals surface area (Å²) in [5, 5.41) is 8.81. The van der Waals surface area contributed by atoms with Crippen LogP contribution in [-0.2, 0) is 14.3 Å². The third kappa shape index (κ3) is 3.95. The lowest BCUT2D eigenvalue weighted by atomic mass is 10.1. The van der Waals surface area contributed by atoms with E-state index in [1.165, 1.54) is 24.3 Å². The molecule has 3 rings (SSSR count). The van der Waals surface area contributed by atoms with Crippen LogP contribution in [0.3, 0.4) is 0 Å². The minimum atomic E-state index is -1.11. The average molecular weight is 422 g/mol. The molecule has 0 spiro atoms. The van der Waals surface area contributed by atoms with Crippen LogP contribution in [0, 0.1) is 0 Å². The molecule has 0 bridgehead atoms. The second kappa shape index (κ2) is 7.91. The number of halogens is 1. The number of imide groups is 1. The summed E-state index contributed by atoms with van der Waals surface area (Å²) in [7, 11) is 1.16. The number of amides is 2. The first-order valence-corrected chi connectivity index (χ1v) is 8.95. The Morgan fingerprint density at radius 2 is 2.04 bits per heavy atom. The molecule has 1 aliphatic heterocycles. The van der Waals surface area contributed by atoms with Crippen molar-refractivity contribution in [3.8, 4) is 11.3 Å². The average Bonchev–Trinajstić information content (AvgIpc) is 3.22. The summed E-state index contributed by atoms with van der Waals surface area (Å²) in [5.74, 6) is -1.89. The molecular formula is C18H12ClNO7S. The lowest BCUT2D eigenvalue weighted by molar-refractivity contribution is -0.143. The first-order valence-electron chi connectivity index (χ1n) is 7.75. The van der Waals surface area contributed by atoms with Crippen LogP contribution >= 0.6 is 23.4 Å². The van der Waals surface area contributed by atoms with E-state index < -0.39 is 29.6 Å². The molecule has 0 aliphatic carbocycles. The normalized spacial score (nSPS) is 15.4. The Balaban J connectivity index is 1.86. The zero-order valence-electron chi connectivity index (χ0n) is 14.3. The van der Waals surface area contributed by atoms with E-state index in [4.69, 9.17) is 21.1 Å². The molecular weight excluding hydrogens is 410 g/mol. The number of rotatable bonds is 5. The molecule has 0 unspecified atom stereocenters. The van der Waals surface area contributed by atoms with Crippen molar-refractivity contribution in [2.45, 2.75) is 0 Å². The standard InChI is InChI=1S/C18H12ClNO7S/c1-26-15(21)8-20-16(22)14(28-18(20)25)7-10-3-5-13(27-10)11-6-9(17(23)24)2-4-12(11)19/h2-7H,8H2,1H3,(H,23,24)/b14-7-. The first kappa shape index (κ1) is 19.7. The summed E-state index contributed by atoms with van der Waals surface area (Å²) < 4.78 is 10.1. The van der Waals surface area contributed by atoms with E-state index in [0.29, 0.717) is 28.1 Å². The van der Waals surface area contributed by atoms with Crippen LogP contribution in [-0.4, -0.2) is 46.7 Å². The molecule has 1 N–H and O–H groups in total. The van der Waals surface area contributed by atoms with Gasteiger partial charge in [0.25, 0.3) is 11.1 Å². The molecule has 1 saturated heterocycles. The number of ether oxygens (including phenoxy) is 1. The van der Waals surface area contributed by atoms with E-state index in [9.17, 15) is 19.2 Å². The maximum absolute atomic E-state index is 12.3. The van der Waals surface area contributed by atoms with Gasteiger partial charge in [0.05, 0.1) is 22.6 Å². The molecule has 1 aromatic carbocycles. The number of methoxy groups -OCH3 is 1. The molecule has 28 heavy (non-hydrogen) atoms. The molecule has 2 amide bonds. The number of benzene rings is 1. The summed E-state index contributed by atoms with van der Waals surface area (Å²) in [4.78, 5) is 47.5. The number of hydrogen-bond donors (Lipinski definition) is 1. The second-order valence-electron chi connectivity index (χ2n) is 5.55. The Morgan fingerprint density at radius 1 is 1.29 bits per heavy atom. The maximum atomic E-state index is 12.3. The Labute approximate surface area is 167 Å². The van der Waals surface area contributed by atoms with Crippen molar-refractivity contribution in [3.63, 3.8) is 0 Å². The number of furan rings is 1. The van der Waals surface area contributed by atoms with Gasteiger partial charge in [-0.25, -0.2) is 4.79 Å². The van der Waals surface area contributed by atoms with Crippen LogP contribution in [0.4, 0.5) is 4.79 Å². The van der Waals surface area contributed by atoms with Crippen molar-refractivity contribution in [1.29, 1.82) is 0 Å². The van der Waals surface area contributed by atoms with Gasteiger partial charge in [-0.15, -0.1) is 0 Å². The second-order valence-corrected chi connectivity index (χ2v) is 6.95. The number of carboxylic acid groups (broad SMARTS) is 1. The summed E-state index contributed by atoms with van der Waals surface area (Å²) >= 11 is 6.79. The van der Waals surface area contributed by atoms with Crippen LogP contribution < -0.4 is 0 Å². The molecule has 0 radical (unpaired) electrons. The van der Waals surface area contributed by atoms with E-state index in [-0.39, 0.29) is 16.2 Å². The zero-order chi connectivity index (χ0) is 20.4. The van der Waals surface area contributed by atoms with Crippen molar-refractivity contribution in [3.05, 3.63) is 51.6 Å². The molecule has 0 atom stereocenters. The van der Waals surface area contributed by atoms with Gasteiger partial charge in [0.15, 0.2) is 0 Å². The quantitative estimate of drug-likeness (QED) is 0.576. The van der Waals surface area contributed by atoms with Crippen molar-refractivity contribution in [2.75, 3.05) is 13.7 Å². The lowest BCUT2D eigenvalue weighted by Crippen LogP contribution is -2.34. The third-order valence-corrected chi connectivity index (χ3v) is 5.00. The molecule has 144 valence electrons. The molecule has 2 aromatic rings. The van der Waals surface area contributed by atoms with Crippen LogP contribution in [0.5, 0.6) is 0 Å². The highest BCUT2D eigenvalue weighted by Gasteiger charge is 2.36. The Bertz CT molecular complexity index is 1030. The van der Waals surface area contributed by atoms with Gasteiger partial charge in [0.2, 0.25) is 0 Å². The first-order chi connectivity index (χ1) is 13.3. The predicted molar refractivity (Wildman–Crippen MR) is 101 cm³/mol. The zero-order valence-corrected chi connectivity index (χ0v) is 15.9. The Morgan fingerprint density at radius 3 is 2.71 bits per heavy atom. The maximum Gasteiger partial charge on any atom is 0.335 e. The minimum absolute atomic E-state index is 0.0429. The van der Waals surface area contributed by atoms with Gasteiger partial charge < -0.3 is 14.3 Å². The minimum Gasteiger partial charge on any atom is -0.478 e. The van der Waals surface area contributed by atoms with Gasteiger partial charge >= 0.3 is 11.9 Å². The number of hydrogen-bond acceptors (Lipinski definition) is 7. The Kier molecular flexibility index (Phi) is 5.57. The van der Waals surface area contributed by atoms with E-state index in [2.05, 4.69) is 4.74 Å². The molecule has 2 heterocycles. The fourth-order valence-corrected chi connectivity index (χ4v) is 3.41.